The molecule has 26 heavy (non-hydrogen) atoms. The molecular weight excluding hydrogens is 334 g/mol. The summed E-state index contributed by atoms with van der Waals surface area (Å²) >= 11 is 0. The summed E-state index contributed by atoms with van der Waals surface area (Å²) in [5.74, 6) is 1.98. The molecule has 0 saturated carbocycles. The number of aryl methyl sites for hydroxylation is 1. The van der Waals surface area contributed by atoms with E-state index in [0.29, 0.717) is 35.1 Å². The number of hydrogen-bond donors (Lipinski definition) is 1. The van der Waals surface area contributed by atoms with Gasteiger partial charge in [0.05, 0.1) is 12.5 Å². The van der Waals surface area contributed by atoms with Crippen molar-refractivity contribution in [1.82, 2.24) is 14.9 Å². The minimum absolute atomic E-state index is 0.0206. The number of likely N-dealkylation sites (tertiary alicyclic amines) is 1. The SMILES string of the molecule is Cc1nc([C@@H]2CCCN2C(=O)Cc2ccc3c(c2)OCO3)[nH]c(=O)c1C. The summed E-state index contributed by atoms with van der Waals surface area (Å²) in [4.78, 5) is 34.1. The van der Waals surface area contributed by atoms with Gasteiger partial charge in [0.25, 0.3) is 5.56 Å². The minimum Gasteiger partial charge on any atom is -0.454 e. The van der Waals surface area contributed by atoms with E-state index < -0.39 is 0 Å². The van der Waals surface area contributed by atoms with Crippen LogP contribution in [-0.2, 0) is 11.2 Å². The summed E-state index contributed by atoms with van der Waals surface area (Å²) in [6, 6.07) is 5.38. The third kappa shape index (κ3) is 2.94. The first-order valence-electron chi connectivity index (χ1n) is 8.78. The van der Waals surface area contributed by atoms with Crippen LogP contribution >= 0.6 is 0 Å². The number of hydrogen-bond acceptors (Lipinski definition) is 5. The number of amides is 1. The van der Waals surface area contributed by atoms with Crippen molar-refractivity contribution >= 4 is 5.91 Å². The quantitative estimate of drug-likeness (QED) is 0.911. The number of benzene rings is 1. The molecule has 1 aromatic carbocycles. The Morgan fingerprint density at radius 2 is 2.12 bits per heavy atom. The zero-order chi connectivity index (χ0) is 18.3. The molecule has 3 heterocycles. The normalized spacial score (nSPS) is 18.4. The number of rotatable bonds is 3. The van der Waals surface area contributed by atoms with Crippen molar-refractivity contribution in [2.45, 2.75) is 39.2 Å². The number of fused-ring (bicyclic) bond motifs is 1. The maximum absolute atomic E-state index is 12.9. The fourth-order valence-electron chi connectivity index (χ4n) is 3.50. The van der Waals surface area contributed by atoms with Gasteiger partial charge in [0, 0.05) is 17.8 Å². The van der Waals surface area contributed by atoms with Crippen LogP contribution in [0.2, 0.25) is 0 Å². The van der Waals surface area contributed by atoms with Crippen molar-refractivity contribution in [3.63, 3.8) is 0 Å². The van der Waals surface area contributed by atoms with Gasteiger partial charge in [-0.3, -0.25) is 9.59 Å². The first kappa shape index (κ1) is 16.6. The number of aromatic nitrogens is 2. The molecule has 0 aliphatic carbocycles. The van der Waals surface area contributed by atoms with Crippen LogP contribution in [0.15, 0.2) is 23.0 Å². The summed E-state index contributed by atoms with van der Waals surface area (Å²) in [5, 5.41) is 0. The van der Waals surface area contributed by atoms with Gasteiger partial charge in [0.2, 0.25) is 12.7 Å². The van der Waals surface area contributed by atoms with Gasteiger partial charge in [0.1, 0.15) is 5.82 Å². The maximum atomic E-state index is 12.9. The lowest BCUT2D eigenvalue weighted by Crippen LogP contribution is -2.34. The maximum Gasteiger partial charge on any atom is 0.254 e. The third-order valence-electron chi connectivity index (χ3n) is 5.09. The van der Waals surface area contributed by atoms with E-state index in [0.717, 1.165) is 18.4 Å². The summed E-state index contributed by atoms with van der Waals surface area (Å²) in [5.41, 5.74) is 2.07. The highest BCUT2D eigenvalue weighted by molar-refractivity contribution is 5.79. The molecule has 1 amide bonds. The third-order valence-corrected chi connectivity index (χ3v) is 5.09. The fraction of sp³-hybridized carbons (Fsp3) is 0.421. The number of carbonyl (C=O) groups is 1. The molecular formula is C19H21N3O4. The Morgan fingerprint density at radius 1 is 1.31 bits per heavy atom. The molecule has 1 saturated heterocycles. The lowest BCUT2D eigenvalue weighted by atomic mass is 10.1. The van der Waals surface area contributed by atoms with E-state index in [4.69, 9.17) is 9.47 Å². The molecule has 0 bridgehead atoms. The second kappa shape index (κ2) is 6.48. The van der Waals surface area contributed by atoms with Gasteiger partial charge in [-0.25, -0.2) is 4.98 Å². The molecule has 4 rings (SSSR count). The number of ether oxygens (including phenoxy) is 2. The van der Waals surface area contributed by atoms with E-state index >= 15 is 0 Å². The molecule has 1 fully saturated rings. The Bertz CT molecular complexity index is 921. The van der Waals surface area contributed by atoms with Crippen LogP contribution < -0.4 is 15.0 Å². The zero-order valence-electron chi connectivity index (χ0n) is 14.9. The summed E-state index contributed by atoms with van der Waals surface area (Å²) in [6.45, 7) is 4.46. The van der Waals surface area contributed by atoms with Crippen LogP contribution in [0.4, 0.5) is 0 Å². The Labute approximate surface area is 151 Å². The molecule has 2 aliphatic rings. The molecule has 136 valence electrons. The van der Waals surface area contributed by atoms with E-state index in [9.17, 15) is 9.59 Å². The highest BCUT2D eigenvalue weighted by Crippen LogP contribution is 2.34. The number of H-pyrrole nitrogens is 1. The van der Waals surface area contributed by atoms with Crippen molar-refractivity contribution in [1.29, 1.82) is 0 Å². The Balaban J connectivity index is 1.54. The minimum atomic E-state index is -0.177. The molecule has 0 spiro atoms. The van der Waals surface area contributed by atoms with Gasteiger partial charge in [-0.15, -0.1) is 0 Å². The Kier molecular flexibility index (Phi) is 4.14. The average molecular weight is 355 g/mol. The first-order chi connectivity index (χ1) is 12.5. The Hall–Kier alpha value is -2.83. The van der Waals surface area contributed by atoms with Crippen molar-refractivity contribution in [2.24, 2.45) is 0 Å². The van der Waals surface area contributed by atoms with Crippen LogP contribution in [0.5, 0.6) is 11.5 Å². The monoisotopic (exact) mass is 355 g/mol. The van der Waals surface area contributed by atoms with E-state index in [-0.39, 0.29) is 30.7 Å². The number of nitrogens with one attached hydrogen (secondary N) is 1. The van der Waals surface area contributed by atoms with E-state index in [2.05, 4.69) is 9.97 Å². The molecule has 2 aromatic rings. The molecule has 7 heteroatoms. The molecule has 0 unspecified atom stereocenters. The molecule has 1 N–H and O–H groups in total. The van der Waals surface area contributed by atoms with Crippen LogP contribution in [0.25, 0.3) is 0 Å². The van der Waals surface area contributed by atoms with Crippen LogP contribution in [0.1, 0.15) is 41.5 Å². The van der Waals surface area contributed by atoms with Gasteiger partial charge >= 0.3 is 0 Å². The molecule has 0 radical (unpaired) electrons. The van der Waals surface area contributed by atoms with E-state index in [1.54, 1.807) is 6.92 Å². The average Bonchev–Trinajstić information content (AvgIpc) is 3.27. The van der Waals surface area contributed by atoms with Crippen LogP contribution in [0.3, 0.4) is 0 Å². The second-order valence-electron chi connectivity index (χ2n) is 6.77. The van der Waals surface area contributed by atoms with Crippen LogP contribution in [0, 0.1) is 13.8 Å². The smallest absolute Gasteiger partial charge is 0.254 e. The second-order valence-corrected chi connectivity index (χ2v) is 6.77. The number of aromatic amines is 1. The predicted molar refractivity (Wildman–Crippen MR) is 94.3 cm³/mol. The van der Waals surface area contributed by atoms with Crippen molar-refractivity contribution < 1.29 is 14.3 Å². The van der Waals surface area contributed by atoms with Crippen molar-refractivity contribution in [2.75, 3.05) is 13.3 Å². The molecule has 7 nitrogen and oxygen atoms in total. The number of carbonyl (C=O) groups excluding carboxylic acids is 1. The molecule has 2 aliphatic heterocycles. The van der Waals surface area contributed by atoms with E-state index in [1.165, 1.54) is 0 Å². The van der Waals surface area contributed by atoms with Gasteiger partial charge in [-0.05, 0) is 44.4 Å². The summed E-state index contributed by atoms with van der Waals surface area (Å²) in [6.07, 6.45) is 1.98. The standard InChI is InChI=1S/C19H21N3O4/c1-11-12(2)20-18(21-19(11)24)14-4-3-7-22(14)17(23)9-13-5-6-15-16(8-13)26-10-25-15/h5-6,8,14H,3-4,7,9-10H2,1-2H3,(H,20,21,24)/t14-/m0/s1. The van der Waals surface area contributed by atoms with Gasteiger partial charge < -0.3 is 19.4 Å². The summed E-state index contributed by atoms with van der Waals surface area (Å²) in [7, 11) is 0. The lowest BCUT2D eigenvalue weighted by Gasteiger charge is -2.24. The lowest BCUT2D eigenvalue weighted by molar-refractivity contribution is -0.131. The zero-order valence-corrected chi connectivity index (χ0v) is 14.9. The predicted octanol–water partition coefficient (Wildman–Crippen LogP) is 2.02. The van der Waals surface area contributed by atoms with Crippen molar-refractivity contribution in [3.05, 3.63) is 51.2 Å². The largest absolute Gasteiger partial charge is 0.454 e. The van der Waals surface area contributed by atoms with E-state index in [1.807, 2.05) is 30.0 Å². The fourth-order valence-corrected chi connectivity index (χ4v) is 3.50. The van der Waals surface area contributed by atoms with Gasteiger partial charge in [0.15, 0.2) is 11.5 Å². The Morgan fingerprint density at radius 3 is 2.92 bits per heavy atom. The van der Waals surface area contributed by atoms with Crippen LogP contribution in [-0.4, -0.2) is 34.1 Å². The highest BCUT2D eigenvalue weighted by Gasteiger charge is 2.32. The van der Waals surface area contributed by atoms with Crippen molar-refractivity contribution in [3.8, 4) is 11.5 Å². The topological polar surface area (TPSA) is 84.5 Å². The number of nitrogens with zero attached hydrogens (tertiary/aromatic N) is 2. The molecule has 1 atom stereocenters. The van der Waals surface area contributed by atoms with Gasteiger partial charge in [-0.1, -0.05) is 6.07 Å². The highest BCUT2D eigenvalue weighted by atomic mass is 16.7. The van der Waals surface area contributed by atoms with Gasteiger partial charge in [-0.2, -0.15) is 0 Å². The molecule has 1 aromatic heterocycles. The summed E-state index contributed by atoms with van der Waals surface area (Å²) < 4.78 is 10.7. The first-order valence-corrected chi connectivity index (χ1v) is 8.78.